The van der Waals surface area contributed by atoms with Crippen molar-refractivity contribution in [3.63, 3.8) is 0 Å². The molecular weight excluding hydrogens is 438 g/mol. The fourth-order valence-electron chi connectivity index (χ4n) is 5.29. The Morgan fingerprint density at radius 1 is 1.29 bits per heavy atom. The second kappa shape index (κ2) is 10.2. The summed E-state index contributed by atoms with van der Waals surface area (Å²) in [5.41, 5.74) is 1.46. The third kappa shape index (κ3) is 5.40. The van der Waals surface area contributed by atoms with Gasteiger partial charge in [0.15, 0.2) is 0 Å². The van der Waals surface area contributed by atoms with Crippen molar-refractivity contribution in [1.82, 2.24) is 0 Å². The van der Waals surface area contributed by atoms with Crippen molar-refractivity contribution in [2.45, 2.75) is 69.5 Å². The van der Waals surface area contributed by atoms with Crippen LogP contribution in [0.3, 0.4) is 0 Å². The van der Waals surface area contributed by atoms with E-state index in [1.165, 1.54) is 5.57 Å². The zero-order valence-electron chi connectivity index (χ0n) is 20.5. The lowest BCUT2D eigenvalue weighted by molar-refractivity contribution is -0.170. The summed E-state index contributed by atoms with van der Waals surface area (Å²) in [4.78, 5) is 12.7. The van der Waals surface area contributed by atoms with E-state index in [4.69, 9.17) is 28.8 Å². The fourth-order valence-corrected chi connectivity index (χ4v) is 5.29. The van der Waals surface area contributed by atoms with Gasteiger partial charge in [0.1, 0.15) is 42.3 Å². The number of benzene rings is 1. The summed E-state index contributed by atoms with van der Waals surface area (Å²) in [5.74, 6) is 0.335. The molecule has 2 aliphatic heterocycles. The van der Waals surface area contributed by atoms with Crippen LogP contribution in [-0.4, -0.2) is 74.1 Å². The van der Waals surface area contributed by atoms with E-state index >= 15 is 0 Å². The van der Waals surface area contributed by atoms with E-state index in [2.05, 4.69) is 32.2 Å². The van der Waals surface area contributed by atoms with Crippen molar-refractivity contribution in [3.8, 4) is 5.75 Å². The van der Waals surface area contributed by atoms with Gasteiger partial charge >= 0.3 is 5.97 Å². The van der Waals surface area contributed by atoms with Gasteiger partial charge in [0.25, 0.3) is 0 Å². The molecule has 0 aromatic heterocycles. The number of nitrogens with one attached hydrogen (secondary N) is 1. The number of aliphatic hydroxyl groups excluding tert-OH is 1. The maximum absolute atomic E-state index is 12.7. The number of epoxide rings is 2. The molecule has 6 atom stereocenters. The molecule has 1 aromatic rings. The van der Waals surface area contributed by atoms with Gasteiger partial charge in [0.05, 0.1) is 25.2 Å². The van der Waals surface area contributed by atoms with Gasteiger partial charge in [-0.2, -0.15) is 0 Å². The molecule has 0 bridgehead atoms. The Kier molecular flexibility index (Phi) is 7.52. The molecule has 1 aromatic carbocycles. The second-order valence-electron chi connectivity index (χ2n) is 9.86. The minimum atomic E-state index is -0.355. The number of ether oxygens (including phenoxy) is 5. The fraction of sp³-hybridized carbons (Fsp3) is 0.654. The molecule has 34 heavy (non-hydrogen) atoms. The number of hydrogen-bond donors (Lipinski definition) is 2. The lowest BCUT2D eigenvalue weighted by Crippen LogP contribution is -2.55. The second-order valence-corrected chi connectivity index (χ2v) is 9.86. The standard InChI is InChI=1S/C26H37NO7/c1-17(2)5-10-21-25(3,34-21)24-23(30-4)20(11-12-26(24)16-32-26)33-22(29)15-27-18-6-8-19(9-7-18)31-14-13-28/h5-9,20-21,23-24,27-28H,10-16H2,1-4H3/t20-,21?,23-,24-,25+,26+/m1/s1. The first-order chi connectivity index (χ1) is 16.3. The van der Waals surface area contributed by atoms with Crippen molar-refractivity contribution < 1.29 is 33.6 Å². The van der Waals surface area contributed by atoms with E-state index in [0.29, 0.717) is 18.8 Å². The summed E-state index contributed by atoms with van der Waals surface area (Å²) < 4.78 is 29.4. The Labute approximate surface area is 201 Å². The third-order valence-electron chi connectivity index (χ3n) is 7.17. The van der Waals surface area contributed by atoms with E-state index in [1.54, 1.807) is 19.2 Å². The summed E-state index contributed by atoms with van der Waals surface area (Å²) in [7, 11) is 1.68. The van der Waals surface area contributed by atoms with Crippen LogP contribution in [0.5, 0.6) is 5.75 Å². The number of anilines is 1. The Morgan fingerprint density at radius 3 is 2.65 bits per heavy atom. The van der Waals surface area contributed by atoms with Gasteiger partial charge in [0, 0.05) is 12.8 Å². The highest BCUT2D eigenvalue weighted by Crippen LogP contribution is 2.59. The molecule has 3 fully saturated rings. The molecule has 1 aliphatic carbocycles. The normalized spacial score (nSPS) is 33.8. The number of hydrogen-bond acceptors (Lipinski definition) is 8. The van der Waals surface area contributed by atoms with E-state index in [1.807, 2.05) is 12.1 Å². The first-order valence-corrected chi connectivity index (χ1v) is 12.1. The average molecular weight is 476 g/mol. The predicted molar refractivity (Wildman–Crippen MR) is 127 cm³/mol. The van der Waals surface area contributed by atoms with Crippen molar-refractivity contribution in [2.75, 3.05) is 38.8 Å². The van der Waals surface area contributed by atoms with Gasteiger partial charge in [-0.05, 0) is 64.3 Å². The lowest BCUT2D eigenvalue weighted by atomic mass is 9.68. The largest absolute Gasteiger partial charge is 0.491 e. The molecule has 0 radical (unpaired) electrons. The molecule has 188 valence electrons. The molecule has 2 N–H and O–H groups in total. The van der Waals surface area contributed by atoms with Gasteiger partial charge in [-0.15, -0.1) is 0 Å². The smallest absolute Gasteiger partial charge is 0.325 e. The number of allylic oxidation sites excluding steroid dienone is 1. The minimum absolute atomic E-state index is 0.00605. The van der Waals surface area contributed by atoms with Crippen molar-refractivity contribution in [3.05, 3.63) is 35.9 Å². The summed E-state index contributed by atoms with van der Waals surface area (Å²) >= 11 is 0. The van der Waals surface area contributed by atoms with E-state index < -0.39 is 0 Å². The van der Waals surface area contributed by atoms with Crippen LogP contribution in [0, 0.1) is 5.92 Å². The molecule has 8 nitrogen and oxygen atoms in total. The first-order valence-electron chi connectivity index (χ1n) is 12.1. The molecule has 1 saturated carbocycles. The van der Waals surface area contributed by atoms with Crippen LogP contribution in [0.25, 0.3) is 0 Å². The van der Waals surface area contributed by atoms with Gasteiger partial charge in [-0.3, -0.25) is 4.79 Å². The van der Waals surface area contributed by atoms with Gasteiger partial charge < -0.3 is 34.1 Å². The lowest BCUT2D eigenvalue weighted by Gasteiger charge is -2.42. The van der Waals surface area contributed by atoms with Gasteiger partial charge in [0.2, 0.25) is 0 Å². The van der Waals surface area contributed by atoms with Crippen molar-refractivity contribution >= 4 is 11.7 Å². The van der Waals surface area contributed by atoms with Crippen LogP contribution in [0.1, 0.15) is 40.0 Å². The monoisotopic (exact) mass is 475 g/mol. The summed E-state index contributed by atoms with van der Waals surface area (Å²) in [5, 5.41) is 11.9. The van der Waals surface area contributed by atoms with E-state index in [-0.39, 0.29) is 61.2 Å². The molecule has 8 heteroatoms. The number of carbonyl (C=O) groups is 1. The van der Waals surface area contributed by atoms with Gasteiger partial charge in [-0.25, -0.2) is 0 Å². The quantitative estimate of drug-likeness (QED) is 0.286. The van der Waals surface area contributed by atoms with Crippen LogP contribution in [0.2, 0.25) is 0 Å². The molecule has 2 saturated heterocycles. The molecule has 2 heterocycles. The zero-order valence-corrected chi connectivity index (χ0v) is 20.5. The summed E-state index contributed by atoms with van der Waals surface area (Å²) in [6.45, 7) is 7.27. The highest BCUT2D eigenvalue weighted by atomic mass is 16.6. The van der Waals surface area contributed by atoms with Crippen LogP contribution in [0.15, 0.2) is 35.9 Å². The Hall–Kier alpha value is -2.13. The summed E-state index contributed by atoms with van der Waals surface area (Å²) in [6.07, 6.45) is 4.07. The number of carbonyl (C=O) groups excluding carboxylic acids is 1. The predicted octanol–water partition coefficient (Wildman–Crippen LogP) is 3.09. The number of aliphatic hydroxyl groups is 1. The van der Waals surface area contributed by atoms with Crippen LogP contribution < -0.4 is 10.1 Å². The van der Waals surface area contributed by atoms with Gasteiger partial charge in [-0.1, -0.05) is 11.6 Å². The maximum Gasteiger partial charge on any atom is 0.325 e. The first kappa shape index (κ1) is 25.0. The van der Waals surface area contributed by atoms with E-state index in [9.17, 15) is 4.79 Å². The Balaban J connectivity index is 1.35. The topological polar surface area (TPSA) is 102 Å². The highest BCUT2D eigenvalue weighted by molar-refractivity contribution is 5.75. The Bertz CT molecular complexity index is 878. The zero-order chi connectivity index (χ0) is 24.3. The number of esters is 1. The molecule has 4 rings (SSSR count). The van der Waals surface area contributed by atoms with E-state index in [0.717, 1.165) is 18.5 Å². The van der Waals surface area contributed by atoms with Crippen molar-refractivity contribution in [2.24, 2.45) is 5.92 Å². The number of methoxy groups -OCH3 is 1. The maximum atomic E-state index is 12.7. The molecular formula is C26H37NO7. The van der Waals surface area contributed by atoms with Crippen molar-refractivity contribution in [1.29, 1.82) is 0 Å². The Morgan fingerprint density at radius 2 is 2.03 bits per heavy atom. The molecule has 0 amide bonds. The highest BCUT2D eigenvalue weighted by Gasteiger charge is 2.72. The summed E-state index contributed by atoms with van der Waals surface area (Å²) in [6, 6.07) is 7.21. The third-order valence-corrected chi connectivity index (χ3v) is 7.17. The molecule has 1 unspecified atom stereocenters. The minimum Gasteiger partial charge on any atom is -0.491 e. The molecule has 3 aliphatic rings. The number of rotatable bonds is 11. The van der Waals surface area contributed by atoms with Crippen LogP contribution in [-0.2, 0) is 23.7 Å². The average Bonchev–Trinajstić information content (AvgIpc) is 3.74. The van der Waals surface area contributed by atoms with Crippen LogP contribution in [0.4, 0.5) is 5.69 Å². The molecule has 1 spiro atoms. The SMILES string of the molecule is CO[C@@H]1[C@H](OC(=O)CNc2ccc(OCCO)cc2)CC[C@]2(CO2)[C@H]1[C@@]1(C)OC1CC=C(C)C. The van der Waals surface area contributed by atoms with Crippen LogP contribution >= 0.6 is 0 Å².